The highest BCUT2D eigenvalue weighted by atomic mass is 16.5. The number of fused-ring (bicyclic) bond motifs is 1. The van der Waals surface area contributed by atoms with Crippen LogP contribution in [0.25, 0.3) is 11.0 Å². The predicted molar refractivity (Wildman–Crippen MR) is 96.1 cm³/mol. The van der Waals surface area contributed by atoms with Gasteiger partial charge in [0, 0.05) is 24.8 Å². The zero-order valence-corrected chi connectivity index (χ0v) is 15.1. The van der Waals surface area contributed by atoms with Gasteiger partial charge in [-0.2, -0.15) is 0 Å². The Kier molecular flexibility index (Phi) is 4.63. The van der Waals surface area contributed by atoms with Crippen molar-refractivity contribution in [3.63, 3.8) is 0 Å². The third-order valence-corrected chi connectivity index (χ3v) is 4.72. The Hall–Kier alpha value is -1.88. The van der Waals surface area contributed by atoms with Crippen LogP contribution in [-0.2, 0) is 16.1 Å². The summed E-state index contributed by atoms with van der Waals surface area (Å²) in [6.07, 6.45) is 2.61. The van der Waals surface area contributed by atoms with Crippen LogP contribution in [0.2, 0.25) is 0 Å². The fraction of sp³-hybridized carbons (Fsp3) is 0.579. The molecule has 1 saturated heterocycles. The Labute approximate surface area is 143 Å². The van der Waals surface area contributed by atoms with E-state index in [1.165, 1.54) is 0 Å². The first-order chi connectivity index (χ1) is 11.4. The van der Waals surface area contributed by atoms with Crippen molar-refractivity contribution in [2.75, 3.05) is 11.9 Å². The average Bonchev–Trinajstić information content (AvgIpc) is 2.82. The zero-order valence-electron chi connectivity index (χ0n) is 15.1. The molecule has 1 aliphatic heterocycles. The molecule has 1 N–H and O–H groups in total. The molecule has 1 aromatic heterocycles. The van der Waals surface area contributed by atoms with E-state index in [1.807, 2.05) is 32.9 Å². The molecule has 1 fully saturated rings. The van der Waals surface area contributed by atoms with Crippen LogP contribution < -0.4 is 5.32 Å². The van der Waals surface area contributed by atoms with Crippen LogP contribution in [0.5, 0.6) is 0 Å². The Bertz CT molecular complexity index is 748. The summed E-state index contributed by atoms with van der Waals surface area (Å²) in [5.74, 6) is 1.10. The standard InChI is InChI=1S/C19H27N3O2/c1-5-9-22-13(2)20-16-11-15(6-7-17(16)22)21-18(23)14-8-10-24-19(3,4)12-14/h6-7,11,14H,5,8-10,12H2,1-4H3,(H,21,23). The number of rotatable bonds is 4. The molecule has 0 saturated carbocycles. The van der Waals surface area contributed by atoms with Gasteiger partial charge in [-0.3, -0.25) is 4.79 Å². The van der Waals surface area contributed by atoms with Gasteiger partial charge in [0.1, 0.15) is 5.82 Å². The number of carbonyl (C=O) groups excluding carboxylic acids is 1. The molecule has 5 nitrogen and oxygen atoms in total. The number of benzene rings is 1. The fourth-order valence-corrected chi connectivity index (χ4v) is 3.53. The lowest BCUT2D eigenvalue weighted by Gasteiger charge is -2.34. The molecular formula is C19H27N3O2. The minimum atomic E-state index is -0.222. The summed E-state index contributed by atoms with van der Waals surface area (Å²) in [5.41, 5.74) is 2.66. The monoisotopic (exact) mass is 329 g/mol. The summed E-state index contributed by atoms with van der Waals surface area (Å²) in [4.78, 5) is 17.2. The highest BCUT2D eigenvalue weighted by molar-refractivity contribution is 5.94. The predicted octanol–water partition coefficient (Wildman–Crippen LogP) is 3.90. The summed E-state index contributed by atoms with van der Waals surface area (Å²) in [6, 6.07) is 5.99. The van der Waals surface area contributed by atoms with Crippen LogP contribution in [0.3, 0.4) is 0 Å². The van der Waals surface area contributed by atoms with Gasteiger partial charge in [-0.1, -0.05) is 6.92 Å². The molecule has 0 spiro atoms. The first kappa shape index (κ1) is 17.0. The maximum atomic E-state index is 12.6. The first-order valence-corrected chi connectivity index (χ1v) is 8.81. The topological polar surface area (TPSA) is 56.2 Å². The number of anilines is 1. The van der Waals surface area contributed by atoms with Crippen LogP contribution >= 0.6 is 0 Å². The molecule has 1 amide bonds. The van der Waals surface area contributed by atoms with E-state index in [4.69, 9.17) is 4.74 Å². The summed E-state index contributed by atoms with van der Waals surface area (Å²) in [5, 5.41) is 3.06. The second-order valence-electron chi connectivity index (χ2n) is 7.30. The lowest BCUT2D eigenvalue weighted by Crippen LogP contribution is -2.39. The largest absolute Gasteiger partial charge is 0.376 e. The molecule has 5 heteroatoms. The molecule has 3 rings (SSSR count). The van der Waals surface area contributed by atoms with Gasteiger partial charge in [0.15, 0.2) is 0 Å². The molecule has 2 aromatic rings. The number of aromatic nitrogens is 2. The van der Waals surface area contributed by atoms with Crippen molar-refractivity contribution >= 4 is 22.6 Å². The minimum Gasteiger partial charge on any atom is -0.376 e. The smallest absolute Gasteiger partial charge is 0.227 e. The summed E-state index contributed by atoms with van der Waals surface area (Å²) >= 11 is 0. The van der Waals surface area contributed by atoms with Gasteiger partial charge < -0.3 is 14.6 Å². The molecule has 130 valence electrons. The first-order valence-electron chi connectivity index (χ1n) is 8.81. The van der Waals surface area contributed by atoms with Crippen LogP contribution in [0, 0.1) is 12.8 Å². The second kappa shape index (κ2) is 6.55. The number of amides is 1. The van der Waals surface area contributed by atoms with Gasteiger partial charge in [0.05, 0.1) is 16.6 Å². The number of ether oxygens (including phenoxy) is 1. The molecule has 2 heterocycles. The van der Waals surface area contributed by atoms with Crippen molar-refractivity contribution in [1.82, 2.24) is 9.55 Å². The Balaban J connectivity index is 1.77. The van der Waals surface area contributed by atoms with E-state index in [0.29, 0.717) is 6.61 Å². The Morgan fingerprint density at radius 1 is 1.46 bits per heavy atom. The quantitative estimate of drug-likeness (QED) is 0.925. The van der Waals surface area contributed by atoms with Crippen molar-refractivity contribution in [2.45, 2.75) is 59.1 Å². The zero-order chi connectivity index (χ0) is 17.3. The van der Waals surface area contributed by atoms with Crippen LogP contribution in [0.4, 0.5) is 5.69 Å². The van der Waals surface area contributed by atoms with Gasteiger partial charge >= 0.3 is 0 Å². The van der Waals surface area contributed by atoms with E-state index in [1.54, 1.807) is 0 Å². The molecule has 0 bridgehead atoms. The molecule has 0 radical (unpaired) electrons. The molecule has 24 heavy (non-hydrogen) atoms. The van der Waals surface area contributed by atoms with Crippen LogP contribution in [0.1, 0.15) is 45.9 Å². The van der Waals surface area contributed by atoms with E-state index in [-0.39, 0.29) is 17.4 Å². The second-order valence-corrected chi connectivity index (χ2v) is 7.30. The normalized spacial score (nSPS) is 20.2. The van der Waals surface area contributed by atoms with E-state index < -0.39 is 0 Å². The van der Waals surface area contributed by atoms with Gasteiger partial charge in [0.25, 0.3) is 0 Å². The van der Waals surface area contributed by atoms with Crippen LogP contribution in [0.15, 0.2) is 18.2 Å². The number of nitrogens with zero attached hydrogens (tertiary/aromatic N) is 2. The van der Waals surface area contributed by atoms with Crippen molar-refractivity contribution in [3.05, 3.63) is 24.0 Å². The van der Waals surface area contributed by atoms with Crippen LogP contribution in [-0.4, -0.2) is 27.7 Å². The van der Waals surface area contributed by atoms with E-state index >= 15 is 0 Å². The third kappa shape index (κ3) is 3.46. The number of hydrogen-bond donors (Lipinski definition) is 1. The lowest BCUT2D eigenvalue weighted by molar-refractivity contribution is -0.130. The van der Waals surface area contributed by atoms with Gasteiger partial charge in [0.2, 0.25) is 5.91 Å². The minimum absolute atomic E-state index is 0.00355. The molecule has 1 atom stereocenters. The molecule has 1 aromatic carbocycles. The SMILES string of the molecule is CCCn1c(C)nc2cc(NC(=O)C3CCOC(C)(C)C3)ccc21. The maximum absolute atomic E-state index is 12.6. The van der Waals surface area contributed by atoms with Crippen molar-refractivity contribution in [2.24, 2.45) is 5.92 Å². The molecule has 1 aliphatic rings. The number of aryl methyl sites for hydroxylation is 2. The van der Waals surface area contributed by atoms with Crippen molar-refractivity contribution in [1.29, 1.82) is 0 Å². The fourth-order valence-electron chi connectivity index (χ4n) is 3.53. The maximum Gasteiger partial charge on any atom is 0.227 e. The van der Waals surface area contributed by atoms with Crippen molar-refractivity contribution in [3.8, 4) is 0 Å². The third-order valence-electron chi connectivity index (χ3n) is 4.72. The van der Waals surface area contributed by atoms with Crippen molar-refractivity contribution < 1.29 is 9.53 Å². The molecular weight excluding hydrogens is 302 g/mol. The number of carbonyl (C=O) groups is 1. The van der Waals surface area contributed by atoms with E-state index in [0.717, 1.165) is 48.4 Å². The highest BCUT2D eigenvalue weighted by Gasteiger charge is 2.32. The van der Waals surface area contributed by atoms with Gasteiger partial charge in [-0.15, -0.1) is 0 Å². The Morgan fingerprint density at radius 3 is 2.96 bits per heavy atom. The number of nitrogens with one attached hydrogen (secondary N) is 1. The average molecular weight is 329 g/mol. The molecule has 1 unspecified atom stereocenters. The van der Waals surface area contributed by atoms with Gasteiger partial charge in [-0.05, 0) is 58.2 Å². The Morgan fingerprint density at radius 2 is 2.25 bits per heavy atom. The summed E-state index contributed by atoms with van der Waals surface area (Å²) in [6.45, 7) is 9.88. The summed E-state index contributed by atoms with van der Waals surface area (Å²) in [7, 11) is 0. The summed E-state index contributed by atoms with van der Waals surface area (Å²) < 4.78 is 7.92. The van der Waals surface area contributed by atoms with E-state index in [9.17, 15) is 4.79 Å². The van der Waals surface area contributed by atoms with Gasteiger partial charge in [-0.25, -0.2) is 4.98 Å². The number of imidazole rings is 1. The van der Waals surface area contributed by atoms with E-state index in [2.05, 4.69) is 27.9 Å². The lowest BCUT2D eigenvalue weighted by atomic mass is 9.88. The number of hydrogen-bond acceptors (Lipinski definition) is 3. The molecule has 0 aliphatic carbocycles. The highest BCUT2D eigenvalue weighted by Crippen LogP contribution is 2.30.